The second-order valence-corrected chi connectivity index (χ2v) is 7.43. The van der Waals surface area contributed by atoms with Crippen LogP contribution < -0.4 is 0 Å². The SMILES string of the molecule is N#CC(=Cc1cc2ccccc2nc1Cl)c1nc(-c2ccc(Cl)cc2)cs1. The Labute approximate surface area is 170 Å². The number of rotatable bonds is 3. The van der Waals surface area contributed by atoms with Gasteiger partial charge in [-0.25, -0.2) is 9.97 Å². The summed E-state index contributed by atoms with van der Waals surface area (Å²) in [6.07, 6.45) is 1.73. The van der Waals surface area contributed by atoms with E-state index < -0.39 is 0 Å². The Hall–Kier alpha value is -2.71. The Bertz CT molecular complexity index is 1200. The minimum Gasteiger partial charge on any atom is -0.235 e. The van der Waals surface area contributed by atoms with Gasteiger partial charge in [0, 0.05) is 26.9 Å². The van der Waals surface area contributed by atoms with Gasteiger partial charge in [0.2, 0.25) is 0 Å². The Morgan fingerprint density at radius 3 is 2.59 bits per heavy atom. The van der Waals surface area contributed by atoms with E-state index >= 15 is 0 Å². The fraction of sp³-hybridized carbons (Fsp3) is 0. The van der Waals surface area contributed by atoms with Crippen LogP contribution in [0, 0.1) is 11.3 Å². The van der Waals surface area contributed by atoms with Crippen molar-refractivity contribution in [3.8, 4) is 17.3 Å². The number of allylic oxidation sites excluding steroid dienone is 1. The molecule has 130 valence electrons. The molecule has 2 heterocycles. The van der Waals surface area contributed by atoms with Gasteiger partial charge >= 0.3 is 0 Å². The van der Waals surface area contributed by atoms with Crippen molar-refractivity contribution in [2.45, 2.75) is 0 Å². The van der Waals surface area contributed by atoms with Gasteiger partial charge in [0.25, 0.3) is 0 Å². The van der Waals surface area contributed by atoms with E-state index in [2.05, 4.69) is 16.0 Å². The third-order valence-corrected chi connectivity index (χ3v) is 5.43. The molecule has 0 radical (unpaired) electrons. The van der Waals surface area contributed by atoms with Crippen LogP contribution in [-0.4, -0.2) is 9.97 Å². The van der Waals surface area contributed by atoms with Crippen LogP contribution in [0.15, 0.2) is 60.0 Å². The summed E-state index contributed by atoms with van der Waals surface area (Å²) in [7, 11) is 0. The van der Waals surface area contributed by atoms with E-state index in [1.54, 1.807) is 6.08 Å². The molecule has 4 aromatic rings. The average Bonchev–Trinajstić information content (AvgIpc) is 3.17. The van der Waals surface area contributed by atoms with Gasteiger partial charge in [0.05, 0.1) is 16.8 Å². The van der Waals surface area contributed by atoms with E-state index in [-0.39, 0.29) is 0 Å². The highest BCUT2D eigenvalue weighted by molar-refractivity contribution is 7.11. The summed E-state index contributed by atoms with van der Waals surface area (Å²) in [4.78, 5) is 8.99. The van der Waals surface area contributed by atoms with Crippen LogP contribution in [0.5, 0.6) is 0 Å². The zero-order chi connectivity index (χ0) is 18.8. The number of fused-ring (bicyclic) bond motifs is 1. The zero-order valence-electron chi connectivity index (χ0n) is 13.9. The first-order valence-electron chi connectivity index (χ1n) is 8.03. The molecule has 0 saturated heterocycles. The second-order valence-electron chi connectivity index (χ2n) is 5.78. The molecule has 0 aliphatic rings. The van der Waals surface area contributed by atoms with Crippen molar-refractivity contribution in [2.24, 2.45) is 0 Å². The van der Waals surface area contributed by atoms with E-state index in [0.717, 1.165) is 22.2 Å². The second kappa shape index (κ2) is 7.50. The van der Waals surface area contributed by atoms with Crippen LogP contribution in [0.25, 0.3) is 33.8 Å². The molecule has 4 rings (SSSR count). The van der Waals surface area contributed by atoms with Crippen LogP contribution >= 0.6 is 34.5 Å². The van der Waals surface area contributed by atoms with Gasteiger partial charge in [-0.2, -0.15) is 5.26 Å². The summed E-state index contributed by atoms with van der Waals surface area (Å²) in [5.41, 5.74) is 3.70. The first-order chi connectivity index (χ1) is 13.1. The standard InChI is InChI=1S/C21H11Cl2N3S/c22-17-7-5-13(6-8-17)19-12-27-21(26-19)16(11-24)10-15-9-14-3-1-2-4-18(14)25-20(15)23/h1-10,12H. The maximum atomic E-state index is 9.63. The van der Waals surface area contributed by atoms with E-state index in [1.807, 2.05) is 60.0 Å². The molecule has 0 unspecified atom stereocenters. The first kappa shape index (κ1) is 17.7. The average molecular weight is 408 g/mol. The van der Waals surface area contributed by atoms with Crippen molar-refractivity contribution in [1.82, 2.24) is 9.97 Å². The van der Waals surface area contributed by atoms with Crippen molar-refractivity contribution in [2.75, 3.05) is 0 Å². The topological polar surface area (TPSA) is 49.6 Å². The predicted octanol–water partition coefficient (Wildman–Crippen LogP) is 6.73. The number of hydrogen-bond donors (Lipinski definition) is 0. The molecule has 0 aliphatic heterocycles. The lowest BCUT2D eigenvalue weighted by Gasteiger charge is -2.02. The normalized spacial score (nSPS) is 11.5. The van der Waals surface area contributed by atoms with Gasteiger partial charge in [0.1, 0.15) is 16.2 Å². The molecule has 0 saturated carbocycles. The number of nitriles is 1. The molecule has 27 heavy (non-hydrogen) atoms. The summed E-state index contributed by atoms with van der Waals surface area (Å²) in [6, 6.07) is 19.3. The summed E-state index contributed by atoms with van der Waals surface area (Å²) in [5, 5.41) is 14.2. The largest absolute Gasteiger partial charge is 0.235 e. The van der Waals surface area contributed by atoms with Crippen molar-refractivity contribution < 1.29 is 0 Å². The molecule has 3 nitrogen and oxygen atoms in total. The highest BCUT2D eigenvalue weighted by Gasteiger charge is 2.11. The van der Waals surface area contributed by atoms with E-state index in [4.69, 9.17) is 23.2 Å². The Balaban J connectivity index is 1.73. The zero-order valence-corrected chi connectivity index (χ0v) is 16.2. The minimum atomic E-state index is 0.357. The van der Waals surface area contributed by atoms with Gasteiger partial charge in [-0.05, 0) is 30.3 Å². The number of hydrogen-bond acceptors (Lipinski definition) is 4. The van der Waals surface area contributed by atoms with Gasteiger partial charge in [-0.3, -0.25) is 0 Å². The monoisotopic (exact) mass is 407 g/mol. The fourth-order valence-corrected chi connectivity index (χ4v) is 3.78. The van der Waals surface area contributed by atoms with Crippen LogP contribution in [0.3, 0.4) is 0 Å². The van der Waals surface area contributed by atoms with Crippen molar-refractivity contribution in [1.29, 1.82) is 5.26 Å². The minimum absolute atomic E-state index is 0.357. The van der Waals surface area contributed by atoms with Crippen molar-refractivity contribution in [3.05, 3.63) is 80.7 Å². The number of thiazole rings is 1. The van der Waals surface area contributed by atoms with Crippen molar-refractivity contribution >= 4 is 57.1 Å². The molecule has 0 aliphatic carbocycles. The van der Waals surface area contributed by atoms with Gasteiger partial charge in [0.15, 0.2) is 0 Å². The Morgan fingerprint density at radius 1 is 1.04 bits per heavy atom. The predicted molar refractivity (Wildman–Crippen MR) is 113 cm³/mol. The molecule has 6 heteroatoms. The molecular weight excluding hydrogens is 397 g/mol. The molecule has 0 N–H and O–H groups in total. The summed E-state index contributed by atoms with van der Waals surface area (Å²) in [5.74, 6) is 0. The highest BCUT2D eigenvalue weighted by Crippen LogP contribution is 2.29. The highest BCUT2D eigenvalue weighted by atomic mass is 35.5. The molecule has 2 aromatic heterocycles. The van der Waals surface area contributed by atoms with Crippen molar-refractivity contribution in [3.63, 3.8) is 0 Å². The lowest BCUT2D eigenvalue weighted by atomic mass is 10.1. The van der Waals surface area contributed by atoms with Crippen LogP contribution in [0.2, 0.25) is 10.2 Å². The van der Waals surface area contributed by atoms with E-state index in [9.17, 15) is 5.26 Å². The fourth-order valence-electron chi connectivity index (χ4n) is 2.66. The van der Waals surface area contributed by atoms with Crippen LogP contribution in [0.1, 0.15) is 10.6 Å². The molecule has 0 spiro atoms. The molecule has 0 atom stereocenters. The lowest BCUT2D eigenvalue weighted by Crippen LogP contribution is -1.87. The number of para-hydroxylation sites is 1. The Kier molecular flexibility index (Phi) is 4.91. The number of pyridine rings is 1. The molecule has 0 amide bonds. The van der Waals surface area contributed by atoms with Gasteiger partial charge in [-0.1, -0.05) is 53.5 Å². The van der Waals surface area contributed by atoms with Crippen LogP contribution in [0.4, 0.5) is 0 Å². The molecular formula is C21H11Cl2N3S. The summed E-state index contributed by atoms with van der Waals surface area (Å²) in [6.45, 7) is 0. The third kappa shape index (κ3) is 3.72. The van der Waals surface area contributed by atoms with E-state index in [1.165, 1.54) is 11.3 Å². The first-order valence-corrected chi connectivity index (χ1v) is 9.66. The summed E-state index contributed by atoms with van der Waals surface area (Å²) >= 11 is 13.7. The number of halogens is 2. The summed E-state index contributed by atoms with van der Waals surface area (Å²) < 4.78 is 0. The van der Waals surface area contributed by atoms with Crippen LogP contribution in [-0.2, 0) is 0 Å². The number of aromatic nitrogens is 2. The van der Waals surface area contributed by atoms with Gasteiger partial charge in [-0.15, -0.1) is 11.3 Å². The maximum Gasteiger partial charge on any atom is 0.137 e. The molecule has 0 bridgehead atoms. The molecule has 0 fully saturated rings. The third-order valence-electron chi connectivity index (χ3n) is 4.00. The maximum absolute atomic E-state index is 9.63. The Morgan fingerprint density at radius 2 is 1.81 bits per heavy atom. The quantitative estimate of drug-likeness (QED) is 0.279. The smallest absolute Gasteiger partial charge is 0.137 e. The molecule has 2 aromatic carbocycles. The van der Waals surface area contributed by atoms with Gasteiger partial charge < -0.3 is 0 Å². The number of benzene rings is 2. The van der Waals surface area contributed by atoms with E-state index in [0.29, 0.717) is 26.3 Å². The lowest BCUT2D eigenvalue weighted by molar-refractivity contribution is 1.37. The number of nitrogens with zero attached hydrogens (tertiary/aromatic N) is 3.